The van der Waals surface area contributed by atoms with Crippen LogP contribution in [0.2, 0.25) is 5.15 Å². The zero-order chi connectivity index (χ0) is 19.4. The quantitative estimate of drug-likeness (QED) is 0.702. The van der Waals surface area contributed by atoms with E-state index in [2.05, 4.69) is 9.97 Å². The molecule has 1 aliphatic carbocycles. The van der Waals surface area contributed by atoms with Crippen LogP contribution in [0, 0.1) is 0 Å². The van der Waals surface area contributed by atoms with Gasteiger partial charge < -0.3 is 19.1 Å². The summed E-state index contributed by atoms with van der Waals surface area (Å²) in [5.74, 6) is 1.26. The highest BCUT2D eigenvalue weighted by Crippen LogP contribution is 2.36. The average Bonchev–Trinajstić information content (AvgIpc) is 2.68. The van der Waals surface area contributed by atoms with Gasteiger partial charge in [-0.05, 0) is 31.7 Å². The first-order valence-corrected chi connectivity index (χ1v) is 9.30. The Kier molecular flexibility index (Phi) is 6.34. The van der Waals surface area contributed by atoms with E-state index < -0.39 is 0 Å². The van der Waals surface area contributed by atoms with Gasteiger partial charge in [-0.15, -0.1) is 0 Å². The van der Waals surface area contributed by atoms with Gasteiger partial charge in [0, 0.05) is 31.7 Å². The van der Waals surface area contributed by atoms with Crippen LogP contribution in [0.4, 0.5) is 0 Å². The molecule has 3 rings (SSSR count). The molecule has 0 aliphatic heterocycles. The Morgan fingerprint density at radius 3 is 2.59 bits per heavy atom. The van der Waals surface area contributed by atoms with Crippen LogP contribution in [0.15, 0.2) is 18.5 Å². The van der Waals surface area contributed by atoms with E-state index in [1.54, 1.807) is 18.1 Å². The Labute approximate surface area is 163 Å². The van der Waals surface area contributed by atoms with Crippen LogP contribution in [-0.2, 0) is 9.53 Å². The summed E-state index contributed by atoms with van der Waals surface area (Å²) in [7, 11) is 4.97. The van der Waals surface area contributed by atoms with Gasteiger partial charge in [0.15, 0.2) is 11.5 Å². The van der Waals surface area contributed by atoms with Gasteiger partial charge in [-0.3, -0.25) is 4.79 Å². The van der Waals surface area contributed by atoms with Crippen molar-refractivity contribution in [3.63, 3.8) is 0 Å². The molecule has 1 aromatic carbocycles. The lowest BCUT2D eigenvalue weighted by molar-refractivity contribution is -0.136. The Morgan fingerprint density at radius 1 is 1.19 bits per heavy atom. The smallest absolute Gasteiger partial charge is 0.248 e. The van der Waals surface area contributed by atoms with Gasteiger partial charge in [-0.1, -0.05) is 11.6 Å². The number of halogens is 1. The van der Waals surface area contributed by atoms with E-state index in [0.29, 0.717) is 22.2 Å². The van der Waals surface area contributed by atoms with E-state index >= 15 is 0 Å². The number of hydrogen-bond acceptors (Lipinski definition) is 6. The summed E-state index contributed by atoms with van der Waals surface area (Å²) in [5.41, 5.74) is 0.709. The molecule has 7 nitrogen and oxygen atoms in total. The maximum atomic E-state index is 12.0. The molecule has 0 saturated heterocycles. The Hall–Kier alpha value is -2.12. The third-order valence-electron chi connectivity index (χ3n) is 5.02. The number of amides is 1. The predicted octanol–water partition coefficient (Wildman–Crippen LogP) is 3.09. The maximum absolute atomic E-state index is 12.0. The lowest BCUT2D eigenvalue weighted by Gasteiger charge is -2.34. The van der Waals surface area contributed by atoms with Gasteiger partial charge in [-0.25, -0.2) is 9.97 Å². The SMILES string of the molecule is COCC(=O)N(C)C1CCC(Oc2cc3c(Cl)ncnc3cc2OC)CC1. The molecule has 1 amide bonds. The molecule has 146 valence electrons. The molecule has 27 heavy (non-hydrogen) atoms. The van der Waals surface area contributed by atoms with E-state index in [4.69, 9.17) is 25.8 Å². The molecule has 1 aliphatic rings. The number of benzene rings is 1. The van der Waals surface area contributed by atoms with Gasteiger partial charge in [0.05, 0.1) is 18.7 Å². The van der Waals surface area contributed by atoms with Crippen LogP contribution >= 0.6 is 11.6 Å². The molecule has 1 saturated carbocycles. The third kappa shape index (κ3) is 4.42. The monoisotopic (exact) mass is 393 g/mol. The standard InChI is InChI=1S/C19H24ClN3O4/c1-23(18(24)10-25-2)12-4-6-13(7-5-12)27-17-8-14-15(9-16(17)26-3)21-11-22-19(14)20/h8-9,11-13H,4-7,10H2,1-3H3. The van der Waals surface area contributed by atoms with Crippen LogP contribution in [-0.4, -0.2) is 60.8 Å². The van der Waals surface area contributed by atoms with Crippen LogP contribution in [0.1, 0.15) is 25.7 Å². The van der Waals surface area contributed by atoms with E-state index in [0.717, 1.165) is 31.1 Å². The van der Waals surface area contributed by atoms with Gasteiger partial charge in [0.2, 0.25) is 5.91 Å². The van der Waals surface area contributed by atoms with Crippen molar-refractivity contribution in [3.05, 3.63) is 23.6 Å². The molecule has 0 N–H and O–H groups in total. The molecular formula is C19H24ClN3O4. The summed E-state index contributed by atoms with van der Waals surface area (Å²) in [6.07, 6.45) is 4.97. The van der Waals surface area contributed by atoms with Crippen molar-refractivity contribution in [2.75, 3.05) is 27.9 Å². The molecule has 0 radical (unpaired) electrons. The van der Waals surface area contributed by atoms with Crippen molar-refractivity contribution in [1.82, 2.24) is 14.9 Å². The van der Waals surface area contributed by atoms with Crippen molar-refractivity contribution in [2.45, 2.75) is 37.8 Å². The Balaban J connectivity index is 1.68. The first-order chi connectivity index (χ1) is 13.0. The molecule has 0 atom stereocenters. The summed E-state index contributed by atoms with van der Waals surface area (Å²) in [6, 6.07) is 3.85. The number of carbonyl (C=O) groups excluding carboxylic acids is 1. The van der Waals surface area contributed by atoms with Crippen LogP contribution < -0.4 is 9.47 Å². The van der Waals surface area contributed by atoms with Crippen LogP contribution in [0.5, 0.6) is 11.5 Å². The van der Waals surface area contributed by atoms with Gasteiger partial charge in [0.25, 0.3) is 0 Å². The maximum Gasteiger partial charge on any atom is 0.248 e. The van der Waals surface area contributed by atoms with Crippen LogP contribution in [0.25, 0.3) is 10.9 Å². The number of fused-ring (bicyclic) bond motifs is 1. The van der Waals surface area contributed by atoms with E-state index in [1.165, 1.54) is 13.4 Å². The molecular weight excluding hydrogens is 370 g/mol. The van der Waals surface area contributed by atoms with E-state index in [9.17, 15) is 4.79 Å². The number of methoxy groups -OCH3 is 2. The highest BCUT2D eigenvalue weighted by Gasteiger charge is 2.28. The summed E-state index contributed by atoms with van der Waals surface area (Å²) < 4.78 is 16.6. The molecule has 2 aromatic rings. The highest BCUT2D eigenvalue weighted by molar-refractivity contribution is 6.34. The summed E-state index contributed by atoms with van der Waals surface area (Å²) in [4.78, 5) is 22.0. The third-order valence-corrected chi connectivity index (χ3v) is 5.32. The number of likely N-dealkylation sites (N-methyl/N-ethyl adjacent to an activating group) is 1. The first kappa shape index (κ1) is 19.6. The van der Waals surface area contributed by atoms with Crippen molar-refractivity contribution >= 4 is 28.4 Å². The fourth-order valence-corrected chi connectivity index (χ4v) is 3.64. The van der Waals surface area contributed by atoms with E-state index in [-0.39, 0.29) is 24.7 Å². The van der Waals surface area contributed by atoms with Crippen molar-refractivity contribution in [1.29, 1.82) is 0 Å². The number of nitrogens with zero attached hydrogens (tertiary/aromatic N) is 3. The van der Waals surface area contributed by atoms with Crippen molar-refractivity contribution in [2.24, 2.45) is 0 Å². The van der Waals surface area contributed by atoms with Gasteiger partial charge >= 0.3 is 0 Å². The minimum Gasteiger partial charge on any atom is -0.493 e. The highest BCUT2D eigenvalue weighted by atomic mass is 35.5. The largest absolute Gasteiger partial charge is 0.493 e. The molecule has 0 unspecified atom stereocenters. The number of carbonyl (C=O) groups is 1. The number of rotatable bonds is 6. The number of hydrogen-bond donors (Lipinski definition) is 0. The second-order valence-corrected chi connectivity index (χ2v) is 7.03. The fraction of sp³-hybridized carbons (Fsp3) is 0.526. The zero-order valence-electron chi connectivity index (χ0n) is 15.8. The summed E-state index contributed by atoms with van der Waals surface area (Å²) in [5, 5.41) is 1.11. The first-order valence-electron chi connectivity index (χ1n) is 8.93. The second-order valence-electron chi connectivity index (χ2n) is 6.67. The number of ether oxygens (including phenoxy) is 3. The second kappa shape index (κ2) is 8.71. The number of aromatic nitrogens is 2. The minimum absolute atomic E-state index is 0.00714. The Morgan fingerprint density at radius 2 is 1.93 bits per heavy atom. The fourth-order valence-electron chi connectivity index (χ4n) is 3.44. The minimum atomic E-state index is 0.00714. The lowest BCUT2D eigenvalue weighted by atomic mass is 9.92. The van der Waals surface area contributed by atoms with Gasteiger partial charge in [-0.2, -0.15) is 0 Å². The normalized spacial score (nSPS) is 19.7. The average molecular weight is 394 g/mol. The van der Waals surface area contributed by atoms with Crippen molar-refractivity contribution < 1.29 is 19.0 Å². The zero-order valence-corrected chi connectivity index (χ0v) is 16.5. The van der Waals surface area contributed by atoms with Gasteiger partial charge in [0.1, 0.15) is 18.1 Å². The topological polar surface area (TPSA) is 73.8 Å². The lowest BCUT2D eigenvalue weighted by Crippen LogP contribution is -2.42. The molecule has 0 bridgehead atoms. The molecule has 8 heteroatoms. The Bertz CT molecular complexity index is 809. The molecule has 0 spiro atoms. The van der Waals surface area contributed by atoms with E-state index in [1.807, 2.05) is 13.1 Å². The molecule has 1 fully saturated rings. The summed E-state index contributed by atoms with van der Waals surface area (Å²) in [6.45, 7) is 0.115. The molecule has 1 aromatic heterocycles. The van der Waals surface area contributed by atoms with Crippen LogP contribution in [0.3, 0.4) is 0 Å². The molecule has 1 heterocycles. The predicted molar refractivity (Wildman–Crippen MR) is 102 cm³/mol. The van der Waals surface area contributed by atoms with Crippen molar-refractivity contribution in [3.8, 4) is 11.5 Å². The summed E-state index contributed by atoms with van der Waals surface area (Å²) >= 11 is 6.18.